The minimum atomic E-state index is -0.130. The average molecular weight is 174 g/mol. The van der Waals surface area contributed by atoms with Crippen LogP contribution in [-0.4, -0.2) is 16.4 Å². The molecule has 0 atom stereocenters. The van der Waals surface area contributed by atoms with Crippen LogP contribution < -0.4 is 0 Å². The molecule has 0 amide bonds. The van der Waals surface area contributed by atoms with E-state index in [1.165, 1.54) is 38.5 Å². The Kier molecular flexibility index (Phi) is 10.3. The predicted octanol–water partition coefficient (Wildman–Crippen LogP) is 2.50. The third-order valence-electron chi connectivity index (χ3n) is 1.85. The number of hydrogen-bond acceptors (Lipinski definition) is 1. The lowest BCUT2D eigenvalue weighted by Crippen LogP contribution is -1.95. The second-order valence-corrected chi connectivity index (χ2v) is 3.95. The zero-order chi connectivity index (χ0) is 8.36. The normalized spacial score (nSPS) is 11.5. The Hall–Kier alpha value is 0.177. The average Bonchev–Trinajstić information content (AvgIpc) is 2.03. The van der Waals surface area contributed by atoms with Crippen LogP contribution in [0.2, 0.25) is 6.55 Å². The highest BCUT2D eigenvalue weighted by molar-refractivity contribution is 6.24. The maximum atomic E-state index is 5.38. The molecule has 1 nitrogen and oxygen atoms in total. The van der Waals surface area contributed by atoms with E-state index in [4.69, 9.17) is 4.43 Å². The fraction of sp³-hybridized carbons (Fsp3) is 1.00. The zero-order valence-corrected chi connectivity index (χ0v) is 9.48. The summed E-state index contributed by atoms with van der Waals surface area (Å²) in [6.07, 6.45) is 8.23. The van der Waals surface area contributed by atoms with Gasteiger partial charge in [-0.2, -0.15) is 0 Å². The fourth-order valence-corrected chi connectivity index (χ4v) is 1.62. The molecule has 0 N–H and O–H groups in total. The van der Waals surface area contributed by atoms with Crippen LogP contribution in [0.5, 0.6) is 0 Å². The first-order valence-corrected chi connectivity index (χ1v) is 6.98. The standard InChI is InChI=1S/C9H22OSi/c1-3-4-5-6-7-8-9-10-11-2/h3-9,11H2,1-2H3. The molecule has 0 heterocycles. The predicted molar refractivity (Wildman–Crippen MR) is 53.7 cm³/mol. The molecule has 0 spiro atoms. The minimum absolute atomic E-state index is 0.130. The molecule has 0 radical (unpaired) electrons. The second kappa shape index (κ2) is 10.2. The highest BCUT2D eigenvalue weighted by atomic mass is 28.2. The van der Waals surface area contributed by atoms with Gasteiger partial charge in [-0.3, -0.25) is 0 Å². The molecule has 0 saturated carbocycles. The summed E-state index contributed by atoms with van der Waals surface area (Å²) in [5, 5.41) is 0. The molecule has 0 aliphatic heterocycles. The third kappa shape index (κ3) is 10.2. The van der Waals surface area contributed by atoms with Crippen LogP contribution >= 0.6 is 0 Å². The highest BCUT2D eigenvalue weighted by Crippen LogP contribution is 2.04. The summed E-state index contributed by atoms with van der Waals surface area (Å²) in [6.45, 7) is 5.47. The van der Waals surface area contributed by atoms with Gasteiger partial charge in [0.2, 0.25) is 0 Å². The van der Waals surface area contributed by atoms with Crippen LogP contribution in [0, 0.1) is 0 Å². The molecular weight excluding hydrogens is 152 g/mol. The van der Waals surface area contributed by atoms with Crippen LogP contribution in [0.3, 0.4) is 0 Å². The van der Waals surface area contributed by atoms with Crippen LogP contribution in [0.15, 0.2) is 0 Å². The lowest BCUT2D eigenvalue weighted by molar-refractivity contribution is 0.323. The summed E-state index contributed by atoms with van der Waals surface area (Å²) >= 11 is 0. The quantitative estimate of drug-likeness (QED) is 0.406. The van der Waals surface area contributed by atoms with Gasteiger partial charge in [-0.05, 0) is 6.42 Å². The third-order valence-corrected chi connectivity index (χ3v) is 2.54. The van der Waals surface area contributed by atoms with Crippen molar-refractivity contribution in [3.8, 4) is 0 Å². The van der Waals surface area contributed by atoms with Crippen molar-refractivity contribution in [3.63, 3.8) is 0 Å². The Morgan fingerprint density at radius 2 is 1.64 bits per heavy atom. The van der Waals surface area contributed by atoms with E-state index in [0.29, 0.717) is 0 Å². The highest BCUT2D eigenvalue weighted by Gasteiger charge is 1.88. The van der Waals surface area contributed by atoms with Crippen molar-refractivity contribution in [2.75, 3.05) is 6.61 Å². The van der Waals surface area contributed by atoms with E-state index in [1.54, 1.807) is 0 Å². The summed E-state index contributed by atoms with van der Waals surface area (Å²) in [6, 6.07) is 0. The smallest absolute Gasteiger partial charge is 0.158 e. The Bertz CT molecular complexity index is 58.6. The van der Waals surface area contributed by atoms with Crippen LogP contribution in [0.25, 0.3) is 0 Å². The summed E-state index contributed by atoms with van der Waals surface area (Å²) in [7, 11) is -0.130. The van der Waals surface area contributed by atoms with Crippen LogP contribution in [0.1, 0.15) is 45.4 Å². The summed E-state index contributed by atoms with van der Waals surface area (Å²) < 4.78 is 5.38. The van der Waals surface area contributed by atoms with Crippen molar-refractivity contribution in [1.29, 1.82) is 0 Å². The van der Waals surface area contributed by atoms with E-state index in [0.717, 1.165) is 6.61 Å². The van der Waals surface area contributed by atoms with Gasteiger partial charge >= 0.3 is 0 Å². The van der Waals surface area contributed by atoms with Gasteiger partial charge in [-0.25, -0.2) is 0 Å². The number of rotatable bonds is 8. The largest absolute Gasteiger partial charge is 0.424 e. The molecule has 0 aliphatic rings. The van der Waals surface area contributed by atoms with Gasteiger partial charge < -0.3 is 4.43 Å². The molecule has 11 heavy (non-hydrogen) atoms. The monoisotopic (exact) mass is 174 g/mol. The molecule has 0 rings (SSSR count). The molecule has 0 unspecified atom stereocenters. The van der Waals surface area contributed by atoms with Crippen molar-refractivity contribution < 1.29 is 4.43 Å². The van der Waals surface area contributed by atoms with Gasteiger partial charge in [0.05, 0.1) is 0 Å². The summed E-state index contributed by atoms with van der Waals surface area (Å²) in [5.41, 5.74) is 0. The van der Waals surface area contributed by atoms with Gasteiger partial charge in [-0.1, -0.05) is 45.6 Å². The maximum Gasteiger partial charge on any atom is 0.158 e. The summed E-state index contributed by atoms with van der Waals surface area (Å²) in [5.74, 6) is 0. The number of unbranched alkanes of at least 4 members (excludes halogenated alkanes) is 5. The van der Waals surface area contributed by atoms with E-state index >= 15 is 0 Å². The maximum absolute atomic E-state index is 5.38. The van der Waals surface area contributed by atoms with E-state index in [1.807, 2.05) is 0 Å². The lowest BCUT2D eigenvalue weighted by Gasteiger charge is -2.00. The van der Waals surface area contributed by atoms with Gasteiger partial charge in [-0.15, -0.1) is 0 Å². The number of hydrogen-bond donors (Lipinski definition) is 0. The van der Waals surface area contributed by atoms with E-state index in [2.05, 4.69) is 13.5 Å². The topological polar surface area (TPSA) is 9.23 Å². The lowest BCUT2D eigenvalue weighted by atomic mass is 10.1. The Morgan fingerprint density at radius 1 is 1.00 bits per heavy atom. The van der Waals surface area contributed by atoms with E-state index < -0.39 is 0 Å². The van der Waals surface area contributed by atoms with Crippen molar-refractivity contribution >= 4 is 9.76 Å². The first kappa shape index (κ1) is 11.2. The van der Waals surface area contributed by atoms with E-state index in [-0.39, 0.29) is 9.76 Å². The molecule has 0 saturated heterocycles. The van der Waals surface area contributed by atoms with Crippen molar-refractivity contribution in [2.45, 2.75) is 52.0 Å². The molecule has 0 fully saturated rings. The van der Waals surface area contributed by atoms with Gasteiger partial charge in [0.25, 0.3) is 0 Å². The first-order valence-electron chi connectivity index (χ1n) is 4.99. The fourth-order valence-electron chi connectivity index (χ4n) is 1.13. The second-order valence-electron chi connectivity index (χ2n) is 2.96. The first-order chi connectivity index (χ1) is 5.41. The Balaban J connectivity index is 2.69. The van der Waals surface area contributed by atoms with Crippen LogP contribution in [-0.2, 0) is 4.43 Å². The van der Waals surface area contributed by atoms with Crippen molar-refractivity contribution in [3.05, 3.63) is 0 Å². The van der Waals surface area contributed by atoms with Gasteiger partial charge in [0.1, 0.15) is 0 Å². The molecule has 0 aromatic carbocycles. The van der Waals surface area contributed by atoms with Crippen molar-refractivity contribution in [1.82, 2.24) is 0 Å². The molecule has 0 bridgehead atoms. The van der Waals surface area contributed by atoms with Gasteiger partial charge in [0, 0.05) is 6.61 Å². The summed E-state index contributed by atoms with van der Waals surface area (Å²) in [4.78, 5) is 0. The van der Waals surface area contributed by atoms with Gasteiger partial charge in [0.15, 0.2) is 9.76 Å². The molecule has 0 aromatic rings. The van der Waals surface area contributed by atoms with Crippen LogP contribution in [0.4, 0.5) is 0 Å². The van der Waals surface area contributed by atoms with Crippen molar-refractivity contribution in [2.24, 2.45) is 0 Å². The molecule has 0 aliphatic carbocycles. The molecular formula is C9H22OSi. The zero-order valence-electron chi connectivity index (χ0n) is 8.07. The minimum Gasteiger partial charge on any atom is -0.424 e. The Labute approximate surface area is 73.5 Å². The SMILES string of the molecule is CCCCCCCCO[SiH2]C. The molecule has 68 valence electrons. The Morgan fingerprint density at radius 3 is 2.27 bits per heavy atom. The molecule has 0 aromatic heterocycles. The van der Waals surface area contributed by atoms with E-state index in [9.17, 15) is 0 Å². The molecule has 2 heteroatoms.